The van der Waals surface area contributed by atoms with Gasteiger partial charge in [0.2, 0.25) is 0 Å². The first-order valence-electron chi connectivity index (χ1n) is 8.57. The molecule has 5 nitrogen and oxygen atoms in total. The van der Waals surface area contributed by atoms with Crippen LogP contribution in [-0.2, 0) is 17.3 Å². The lowest BCUT2D eigenvalue weighted by Crippen LogP contribution is -2.46. The molecule has 8 heteroatoms. The van der Waals surface area contributed by atoms with E-state index < -0.39 is 11.7 Å². The van der Waals surface area contributed by atoms with Gasteiger partial charge in [0.1, 0.15) is 5.82 Å². The normalized spacial score (nSPS) is 17.6. The van der Waals surface area contributed by atoms with Crippen LogP contribution >= 0.6 is 0 Å². The quantitative estimate of drug-likeness (QED) is 0.886. The van der Waals surface area contributed by atoms with Crippen LogP contribution in [-0.4, -0.2) is 48.6 Å². The Hall–Kier alpha value is -2.61. The molecule has 1 aromatic carbocycles. The van der Waals surface area contributed by atoms with Crippen molar-refractivity contribution in [3.05, 3.63) is 59.3 Å². The highest BCUT2D eigenvalue weighted by atomic mass is 19.4. The second-order valence-electron chi connectivity index (χ2n) is 6.33. The summed E-state index contributed by atoms with van der Waals surface area (Å²) >= 11 is 0. The molecule has 0 bridgehead atoms. The number of hydrogen-bond donors (Lipinski definition) is 1. The number of carbonyl (C=O) groups excluding carboxylic acids is 1. The molecule has 0 spiro atoms. The molecular formula is C19H20F3N3O2. The van der Waals surface area contributed by atoms with Gasteiger partial charge >= 0.3 is 6.18 Å². The summed E-state index contributed by atoms with van der Waals surface area (Å²) < 4.78 is 44.3. The molecule has 1 amide bonds. The van der Waals surface area contributed by atoms with Crippen molar-refractivity contribution in [2.45, 2.75) is 18.7 Å². The number of morpholine rings is 1. The molecule has 2 heterocycles. The highest BCUT2D eigenvalue weighted by Gasteiger charge is 2.31. The standard InChI is InChI=1S/C19H20F3N3O2/c1-23-17-11-14(5-6-24-17)18(26)25-7-8-27-16(12-25)10-13-3-2-4-15(9-13)19(20,21)22/h2-6,9,11,16H,7-8,10,12H2,1H3,(H,23,24)/t16-/m0/s1. The van der Waals surface area contributed by atoms with Crippen LogP contribution in [0.25, 0.3) is 0 Å². The lowest BCUT2D eigenvalue weighted by molar-refractivity contribution is -0.137. The summed E-state index contributed by atoms with van der Waals surface area (Å²) in [5.41, 5.74) is 0.361. The number of anilines is 1. The van der Waals surface area contributed by atoms with E-state index in [2.05, 4.69) is 10.3 Å². The Labute approximate surface area is 155 Å². The van der Waals surface area contributed by atoms with Crippen LogP contribution < -0.4 is 5.32 Å². The molecule has 144 valence electrons. The van der Waals surface area contributed by atoms with Crippen LogP contribution in [0.4, 0.5) is 19.0 Å². The number of ether oxygens (including phenoxy) is 1. The van der Waals surface area contributed by atoms with E-state index >= 15 is 0 Å². The van der Waals surface area contributed by atoms with Gasteiger partial charge in [0.05, 0.1) is 18.3 Å². The molecule has 1 saturated heterocycles. The summed E-state index contributed by atoms with van der Waals surface area (Å²) in [4.78, 5) is 18.5. The van der Waals surface area contributed by atoms with Crippen molar-refractivity contribution in [2.24, 2.45) is 0 Å². The molecule has 0 saturated carbocycles. The Kier molecular flexibility index (Phi) is 5.65. The fourth-order valence-corrected chi connectivity index (χ4v) is 3.05. The third-order valence-corrected chi connectivity index (χ3v) is 4.41. The second kappa shape index (κ2) is 7.96. The van der Waals surface area contributed by atoms with Crippen LogP contribution in [0.5, 0.6) is 0 Å². The fourth-order valence-electron chi connectivity index (χ4n) is 3.05. The van der Waals surface area contributed by atoms with Gasteiger partial charge in [0, 0.05) is 38.3 Å². The molecule has 1 aliphatic heterocycles. The minimum atomic E-state index is -4.38. The van der Waals surface area contributed by atoms with Crippen molar-refractivity contribution in [3.63, 3.8) is 0 Å². The maximum atomic E-state index is 12.9. The van der Waals surface area contributed by atoms with Crippen molar-refractivity contribution in [1.29, 1.82) is 0 Å². The summed E-state index contributed by atoms with van der Waals surface area (Å²) in [6, 6.07) is 8.51. The average molecular weight is 379 g/mol. The Bertz CT molecular complexity index is 811. The van der Waals surface area contributed by atoms with Crippen LogP contribution in [0.3, 0.4) is 0 Å². The van der Waals surface area contributed by atoms with E-state index in [9.17, 15) is 18.0 Å². The first-order valence-corrected chi connectivity index (χ1v) is 8.57. The molecule has 0 unspecified atom stereocenters. The molecule has 1 fully saturated rings. The number of aromatic nitrogens is 1. The molecule has 1 aromatic heterocycles. The summed E-state index contributed by atoms with van der Waals surface area (Å²) in [7, 11) is 1.72. The number of carbonyl (C=O) groups is 1. The molecule has 3 rings (SSSR count). The SMILES string of the molecule is CNc1cc(C(=O)N2CCO[C@@H](Cc3cccc(C(F)(F)F)c3)C2)ccn1. The van der Waals surface area contributed by atoms with E-state index in [1.807, 2.05) is 0 Å². The highest BCUT2D eigenvalue weighted by molar-refractivity contribution is 5.94. The Morgan fingerprint density at radius 1 is 1.33 bits per heavy atom. The number of pyridine rings is 1. The molecule has 0 radical (unpaired) electrons. The van der Waals surface area contributed by atoms with E-state index in [-0.39, 0.29) is 12.0 Å². The topological polar surface area (TPSA) is 54.5 Å². The van der Waals surface area contributed by atoms with Gasteiger partial charge in [-0.2, -0.15) is 13.2 Å². The molecule has 27 heavy (non-hydrogen) atoms. The van der Waals surface area contributed by atoms with Crippen molar-refractivity contribution < 1.29 is 22.7 Å². The first kappa shape index (κ1) is 19.2. The molecule has 1 N–H and O–H groups in total. The highest BCUT2D eigenvalue weighted by Crippen LogP contribution is 2.30. The Morgan fingerprint density at radius 3 is 2.89 bits per heavy atom. The Balaban J connectivity index is 1.68. The smallest absolute Gasteiger partial charge is 0.374 e. The zero-order valence-corrected chi connectivity index (χ0v) is 14.8. The van der Waals surface area contributed by atoms with Crippen LogP contribution in [0.15, 0.2) is 42.6 Å². The van der Waals surface area contributed by atoms with Crippen molar-refractivity contribution in [1.82, 2.24) is 9.88 Å². The second-order valence-corrected chi connectivity index (χ2v) is 6.33. The van der Waals surface area contributed by atoms with Crippen molar-refractivity contribution in [3.8, 4) is 0 Å². The van der Waals surface area contributed by atoms with Gasteiger partial charge in [-0.15, -0.1) is 0 Å². The fraction of sp³-hybridized carbons (Fsp3) is 0.368. The van der Waals surface area contributed by atoms with Gasteiger partial charge in [0.15, 0.2) is 0 Å². The van der Waals surface area contributed by atoms with Crippen molar-refractivity contribution >= 4 is 11.7 Å². The number of hydrogen-bond acceptors (Lipinski definition) is 4. The van der Waals surface area contributed by atoms with E-state index in [1.165, 1.54) is 6.07 Å². The van der Waals surface area contributed by atoms with Gasteiger partial charge in [-0.05, 0) is 23.8 Å². The zero-order chi connectivity index (χ0) is 19.4. The number of amides is 1. The Morgan fingerprint density at radius 2 is 2.15 bits per heavy atom. The van der Waals surface area contributed by atoms with Crippen LogP contribution in [0.2, 0.25) is 0 Å². The number of rotatable bonds is 4. The lowest BCUT2D eigenvalue weighted by atomic mass is 10.0. The van der Waals surface area contributed by atoms with Crippen LogP contribution in [0, 0.1) is 0 Å². The largest absolute Gasteiger partial charge is 0.416 e. The molecule has 0 aliphatic carbocycles. The van der Waals surface area contributed by atoms with Gasteiger partial charge in [0.25, 0.3) is 5.91 Å². The number of benzene rings is 1. The maximum Gasteiger partial charge on any atom is 0.416 e. The number of nitrogens with one attached hydrogen (secondary N) is 1. The minimum absolute atomic E-state index is 0.147. The number of nitrogens with zero attached hydrogens (tertiary/aromatic N) is 2. The van der Waals surface area contributed by atoms with E-state index in [1.54, 1.807) is 36.3 Å². The third kappa shape index (κ3) is 4.77. The summed E-state index contributed by atoms with van der Waals surface area (Å²) in [6.07, 6.45) is -2.86. The van der Waals surface area contributed by atoms with Gasteiger partial charge in [-0.3, -0.25) is 4.79 Å². The maximum absolute atomic E-state index is 12.9. The zero-order valence-electron chi connectivity index (χ0n) is 14.8. The number of halogens is 3. The van der Waals surface area contributed by atoms with E-state index in [0.29, 0.717) is 43.1 Å². The number of alkyl halides is 3. The summed E-state index contributed by atoms with van der Waals surface area (Å²) in [5.74, 6) is 0.445. The average Bonchev–Trinajstić information content (AvgIpc) is 2.67. The van der Waals surface area contributed by atoms with Gasteiger partial charge < -0.3 is 15.0 Å². The monoisotopic (exact) mass is 379 g/mol. The summed E-state index contributed by atoms with van der Waals surface area (Å²) in [5, 5.41) is 2.89. The minimum Gasteiger partial charge on any atom is -0.374 e. The van der Waals surface area contributed by atoms with Gasteiger partial charge in [-0.25, -0.2) is 4.98 Å². The van der Waals surface area contributed by atoms with Gasteiger partial charge in [-0.1, -0.05) is 18.2 Å². The molecule has 2 aromatic rings. The van der Waals surface area contributed by atoms with Crippen molar-refractivity contribution in [2.75, 3.05) is 32.1 Å². The molecule has 1 atom stereocenters. The summed E-state index contributed by atoms with van der Waals surface area (Å²) in [6.45, 7) is 1.11. The van der Waals surface area contributed by atoms with Crippen LogP contribution in [0.1, 0.15) is 21.5 Å². The van der Waals surface area contributed by atoms with E-state index in [4.69, 9.17) is 4.74 Å². The third-order valence-electron chi connectivity index (χ3n) is 4.41. The molecule has 1 aliphatic rings. The molecular weight excluding hydrogens is 359 g/mol. The lowest BCUT2D eigenvalue weighted by Gasteiger charge is -2.33. The first-order chi connectivity index (χ1) is 12.9. The predicted molar refractivity (Wildman–Crippen MR) is 94.6 cm³/mol. The predicted octanol–water partition coefficient (Wildman–Crippen LogP) is 3.23. The van der Waals surface area contributed by atoms with E-state index in [0.717, 1.165) is 12.1 Å².